The van der Waals surface area contributed by atoms with Gasteiger partial charge in [0.1, 0.15) is 5.82 Å². The van der Waals surface area contributed by atoms with Crippen LogP contribution in [0.25, 0.3) is 0 Å². The third-order valence-corrected chi connectivity index (χ3v) is 2.94. The van der Waals surface area contributed by atoms with E-state index < -0.39 is 5.97 Å². The van der Waals surface area contributed by atoms with Crippen LogP contribution >= 0.6 is 0 Å². The van der Waals surface area contributed by atoms with E-state index in [0.717, 1.165) is 5.56 Å². The van der Waals surface area contributed by atoms with E-state index >= 15 is 0 Å². The molecular formula is C15H21FN2O3. The van der Waals surface area contributed by atoms with Crippen molar-refractivity contribution in [3.63, 3.8) is 0 Å². The summed E-state index contributed by atoms with van der Waals surface area (Å²) in [7, 11) is 0. The molecule has 0 heterocycles. The molecule has 3 N–H and O–H groups in total. The summed E-state index contributed by atoms with van der Waals surface area (Å²) in [6.07, 6.45) is 1.91. The molecule has 0 spiro atoms. The standard InChI is InChI=1S/C15H21FN2O3/c1-11(10-12-5-7-13(16)8-6-12)18-15(21)17-9-3-2-4-14(19)20/h5-8,11H,2-4,9-10H2,1H3,(H,19,20)(H2,17,18,21). The molecule has 0 bridgehead atoms. The highest BCUT2D eigenvalue weighted by atomic mass is 19.1. The number of carboxylic acids is 1. The molecule has 0 aliphatic heterocycles. The summed E-state index contributed by atoms with van der Waals surface area (Å²) in [5.74, 6) is -1.11. The molecule has 116 valence electrons. The van der Waals surface area contributed by atoms with Gasteiger partial charge in [0.2, 0.25) is 0 Å². The summed E-state index contributed by atoms with van der Waals surface area (Å²) < 4.78 is 12.8. The zero-order valence-electron chi connectivity index (χ0n) is 12.1. The topological polar surface area (TPSA) is 78.4 Å². The van der Waals surface area contributed by atoms with Gasteiger partial charge in [-0.2, -0.15) is 0 Å². The summed E-state index contributed by atoms with van der Waals surface area (Å²) in [4.78, 5) is 21.9. The van der Waals surface area contributed by atoms with Crippen molar-refractivity contribution in [2.75, 3.05) is 6.54 Å². The second kappa shape index (κ2) is 8.94. The molecule has 0 aliphatic rings. The van der Waals surface area contributed by atoms with Gasteiger partial charge in [-0.25, -0.2) is 9.18 Å². The molecule has 1 unspecified atom stereocenters. The van der Waals surface area contributed by atoms with Crippen molar-refractivity contribution in [3.8, 4) is 0 Å². The van der Waals surface area contributed by atoms with Crippen molar-refractivity contribution in [1.29, 1.82) is 0 Å². The van der Waals surface area contributed by atoms with Crippen molar-refractivity contribution in [3.05, 3.63) is 35.6 Å². The molecule has 21 heavy (non-hydrogen) atoms. The van der Waals surface area contributed by atoms with Crippen LogP contribution in [-0.2, 0) is 11.2 Å². The quantitative estimate of drug-likeness (QED) is 0.644. The van der Waals surface area contributed by atoms with Crippen LogP contribution in [0.15, 0.2) is 24.3 Å². The second-order valence-corrected chi connectivity index (χ2v) is 4.98. The first kappa shape index (κ1) is 16.9. The average Bonchev–Trinajstić information content (AvgIpc) is 2.40. The molecule has 0 saturated carbocycles. The lowest BCUT2D eigenvalue weighted by molar-refractivity contribution is -0.137. The maximum absolute atomic E-state index is 12.8. The molecule has 1 rings (SSSR count). The van der Waals surface area contributed by atoms with Crippen LogP contribution in [0.3, 0.4) is 0 Å². The Morgan fingerprint density at radius 2 is 1.90 bits per heavy atom. The molecule has 0 aliphatic carbocycles. The fourth-order valence-corrected chi connectivity index (χ4v) is 1.90. The molecule has 0 radical (unpaired) electrons. The SMILES string of the molecule is CC(Cc1ccc(F)cc1)NC(=O)NCCCCC(=O)O. The molecule has 1 aromatic carbocycles. The van der Waals surface area contributed by atoms with Gasteiger partial charge in [0.25, 0.3) is 0 Å². The largest absolute Gasteiger partial charge is 0.481 e. The van der Waals surface area contributed by atoms with Gasteiger partial charge in [-0.3, -0.25) is 4.79 Å². The van der Waals surface area contributed by atoms with Crippen molar-refractivity contribution in [2.24, 2.45) is 0 Å². The summed E-state index contributed by atoms with van der Waals surface area (Å²) in [6, 6.07) is 5.82. The van der Waals surface area contributed by atoms with E-state index in [-0.39, 0.29) is 24.3 Å². The van der Waals surface area contributed by atoms with Gasteiger partial charge in [0, 0.05) is 19.0 Å². The lowest BCUT2D eigenvalue weighted by Crippen LogP contribution is -2.42. The van der Waals surface area contributed by atoms with Crippen LogP contribution in [0.4, 0.5) is 9.18 Å². The van der Waals surface area contributed by atoms with E-state index in [1.807, 2.05) is 6.92 Å². The number of amides is 2. The normalized spacial score (nSPS) is 11.7. The van der Waals surface area contributed by atoms with Crippen molar-refractivity contribution >= 4 is 12.0 Å². The van der Waals surface area contributed by atoms with E-state index in [1.54, 1.807) is 12.1 Å². The Bertz CT molecular complexity index is 462. The molecule has 1 atom stereocenters. The van der Waals surface area contributed by atoms with Crippen molar-refractivity contribution in [1.82, 2.24) is 10.6 Å². The van der Waals surface area contributed by atoms with Gasteiger partial charge in [0.15, 0.2) is 0 Å². The third kappa shape index (κ3) is 7.91. The molecular weight excluding hydrogens is 275 g/mol. The lowest BCUT2D eigenvalue weighted by Gasteiger charge is -2.14. The molecule has 0 saturated heterocycles. The molecule has 6 heteroatoms. The minimum atomic E-state index is -0.827. The number of rotatable bonds is 8. The summed E-state index contributed by atoms with van der Waals surface area (Å²) in [5, 5.41) is 13.9. The lowest BCUT2D eigenvalue weighted by atomic mass is 10.1. The van der Waals surface area contributed by atoms with E-state index in [0.29, 0.717) is 25.8 Å². The smallest absolute Gasteiger partial charge is 0.315 e. The number of aliphatic carboxylic acids is 1. The van der Waals surface area contributed by atoms with E-state index in [4.69, 9.17) is 5.11 Å². The van der Waals surface area contributed by atoms with Crippen molar-refractivity contribution in [2.45, 2.75) is 38.6 Å². The van der Waals surface area contributed by atoms with Crippen LogP contribution in [0, 0.1) is 5.82 Å². The summed E-state index contributed by atoms with van der Waals surface area (Å²) >= 11 is 0. The Balaban J connectivity index is 2.18. The fraction of sp³-hybridized carbons (Fsp3) is 0.467. The highest BCUT2D eigenvalue weighted by Crippen LogP contribution is 2.05. The Morgan fingerprint density at radius 3 is 2.52 bits per heavy atom. The first-order chi connectivity index (χ1) is 9.97. The number of nitrogens with one attached hydrogen (secondary N) is 2. The number of carboxylic acid groups (broad SMARTS) is 1. The van der Waals surface area contributed by atoms with Crippen LogP contribution in [0.2, 0.25) is 0 Å². The number of carbonyl (C=O) groups excluding carboxylic acids is 1. The third-order valence-electron chi connectivity index (χ3n) is 2.94. The van der Waals surface area contributed by atoms with Crippen LogP contribution in [0.5, 0.6) is 0 Å². The fourth-order valence-electron chi connectivity index (χ4n) is 1.90. The number of hydrogen-bond acceptors (Lipinski definition) is 2. The van der Waals surface area contributed by atoms with Crippen LogP contribution in [0.1, 0.15) is 31.7 Å². The maximum atomic E-state index is 12.8. The monoisotopic (exact) mass is 296 g/mol. The molecule has 5 nitrogen and oxygen atoms in total. The Labute approximate surface area is 123 Å². The van der Waals surface area contributed by atoms with Crippen LogP contribution in [-0.4, -0.2) is 29.7 Å². The number of hydrogen-bond donors (Lipinski definition) is 3. The number of unbranched alkanes of at least 4 members (excludes halogenated alkanes) is 1. The number of halogens is 1. The predicted octanol–water partition coefficient (Wildman–Crippen LogP) is 2.31. The highest BCUT2D eigenvalue weighted by molar-refractivity contribution is 5.74. The number of benzene rings is 1. The van der Waals surface area contributed by atoms with E-state index in [9.17, 15) is 14.0 Å². The Kier molecular flexibility index (Phi) is 7.21. The van der Waals surface area contributed by atoms with Gasteiger partial charge in [-0.1, -0.05) is 12.1 Å². The highest BCUT2D eigenvalue weighted by Gasteiger charge is 2.07. The first-order valence-corrected chi connectivity index (χ1v) is 6.98. The van der Waals surface area contributed by atoms with Gasteiger partial charge >= 0.3 is 12.0 Å². The predicted molar refractivity (Wildman–Crippen MR) is 77.6 cm³/mol. The van der Waals surface area contributed by atoms with Gasteiger partial charge in [-0.15, -0.1) is 0 Å². The minimum absolute atomic E-state index is 0.0746. The Morgan fingerprint density at radius 1 is 1.24 bits per heavy atom. The van der Waals surface area contributed by atoms with E-state index in [2.05, 4.69) is 10.6 Å². The summed E-state index contributed by atoms with van der Waals surface area (Å²) in [5.41, 5.74) is 0.950. The minimum Gasteiger partial charge on any atom is -0.481 e. The van der Waals surface area contributed by atoms with E-state index in [1.165, 1.54) is 12.1 Å². The van der Waals surface area contributed by atoms with Gasteiger partial charge < -0.3 is 15.7 Å². The molecule has 1 aromatic rings. The zero-order chi connectivity index (χ0) is 15.7. The van der Waals surface area contributed by atoms with Gasteiger partial charge in [-0.05, 0) is 43.9 Å². The molecule has 0 fully saturated rings. The van der Waals surface area contributed by atoms with Gasteiger partial charge in [0.05, 0.1) is 0 Å². The van der Waals surface area contributed by atoms with Crippen LogP contribution < -0.4 is 10.6 Å². The number of urea groups is 1. The Hall–Kier alpha value is -2.11. The number of carbonyl (C=O) groups is 2. The molecule has 2 amide bonds. The average molecular weight is 296 g/mol. The first-order valence-electron chi connectivity index (χ1n) is 6.98. The summed E-state index contributed by atoms with van der Waals surface area (Å²) in [6.45, 7) is 2.32. The second-order valence-electron chi connectivity index (χ2n) is 4.98. The molecule has 0 aromatic heterocycles. The van der Waals surface area contributed by atoms with Crippen molar-refractivity contribution < 1.29 is 19.1 Å². The maximum Gasteiger partial charge on any atom is 0.315 e. The zero-order valence-corrected chi connectivity index (χ0v) is 12.1.